The van der Waals surface area contributed by atoms with Gasteiger partial charge in [-0.3, -0.25) is 0 Å². The van der Waals surface area contributed by atoms with Gasteiger partial charge >= 0.3 is 0 Å². The van der Waals surface area contributed by atoms with Crippen LogP contribution in [0.4, 0.5) is 0 Å². The van der Waals surface area contributed by atoms with Crippen LogP contribution in [0.15, 0.2) is 48.5 Å². The molecule has 0 nitrogen and oxygen atoms in total. The van der Waals surface area contributed by atoms with Gasteiger partial charge in [0.2, 0.25) is 0 Å². The maximum atomic E-state index is 2.34. The Morgan fingerprint density at radius 1 is 0.812 bits per heavy atom. The first-order valence-electron chi connectivity index (χ1n) is 5.64. The molecule has 0 spiro atoms. The molecule has 0 unspecified atom stereocenters. The van der Waals surface area contributed by atoms with Crippen LogP contribution in [-0.2, 0) is 0 Å². The monoisotopic (exact) mass is 225 g/mol. The first-order valence-corrected chi connectivity index (χ1v) is 8.14. The minimum absolute atomic E-state index is 0.351. The van der Waals surface area contributed by atoms with E-state index in [2.05, 4.69) is 68.5 Å². The number of aryl methyl sites for hydroxylation is 1. The maximum absolute atomic E-state index is 2.34. The molecule has 0 atom stereocenters. The molecule has 2 aromatic rings. The molecule has 16 heavy (non-hydrogen) atoms. The Labute approximate surface area is 99.6 Å². The van der Waals surface area contributed by atoms with Gasteiger partial charge in [-0.1, -0.05) is 72.4 Å². The van der Waals surface area contributed by atoms with Crippen LogP contribution in [0.1, 0.15) is 5.56 Å². The normalized spacial score (nSPS) is 10.8. The Bertz CT molecular complexity index is 486. The van der Waals surface area contributed by atoms with Crippen molar-refractivity contribution in [3.8, 4) is 11.1 Å². The van der Waals surface area contributed by atoms with E-state index < -0.39 is 0 Å². The van der Waals surface area contributed by atoms with Gasteiger partial charge in [0.1, 0.15) is 0 Å². The van der Waals surface area contributed by atoms with Crippen molar-refractivity contribution < 1.29 is 0 Å². The second-order valence-electron chi connectivity index (χ2n) is 4.45. The van der Waals surface area contributed by atoms with Gasteiger partial charge in [-0.05, 0) is 18.1 Å². The largest absolute Gasteiger partial charge is 0.0791 e. The third-order valence-corrected chi connectivity index (χ3v) is 4.26. The molecule has 0 aliphatic carbocycles. The Balaban J connectivity index is 2.44. The Morgan fingerprint density at radius 2 is 1.44 bits per heavy atom. The van der Waals surface area contributed by atoms with Gasteiger partial charge in [-0.15, -0.1) is 0 Å². The second-order valence-corrected chi connectivity index (χ2v) is 7.03. The molecule has 1 heteroatoms. The Kier molecular flexibility index (Phi) is 3.25. The van der Waals surface area contributed by atoms with Gasteiger partial charge in [0.15, 0.2) is 0 Å². The molecule has 1 radical (unpaired) electrons. The van der Waals surface area contributed by atoms with E-state index in [1.54, 1.807) is 0 Å². The van der Waals surface area contributed by atoms with Gasteiger partial charge in [-0.25, -0.2) is 0 Å². The van der Waals surface area contributed by atoms with Crippen LogP contribution in [-0.4, -0.2) is 8.80 Å². The molecular weight excluding hydrogens is 208 g/mol. The third kappa shape index (κ3) is 2.42. The van der Waals surface area contributed by atoms with E-state index in [-0.39, 0.29) is 8.80 Å². The van der Waals surface area contributed by atoms with Gasteiger partial charge in [0.25, 0.3) is 0 Å². The first kappa shape index (κ1) is 11.2. The molecule has 0 aliphatic heterocycles. The lowest BCUT2D eigenvalue weighted by molar-refractivity contribution is 1.47. The van der Waals surface area contributed by atoms with Crippen LogP contribution in [0.5, 0.6) is 0 Å². The van der Waals surface area contributed by atoms with Crippen molar-refractivity contribution in [2.24, 2.45) is 0 Å². The lowest BCUT2D eigenvalue weighted by Gasteiger charge is -2.07. The predicted molar refractivity (Wildman–Crippen MR) is 73.7 cm³/mol. The topological polar surface area (TPSA) is 0 Å². The molecule has 81 valence electrons. The van der Waals surface area contributed by atoms with E-state index in [4.69, 9.17) is 0 Å². The van der Waals surface area contributed by atoms with E-state index >= 15 is 0 Å². The molecule has 0 amide bonds. The summed E-state index contributed by atoms with van der Waals surface area (Å²) in [6, 6.07) is 17.6. The molecular formula is C15H17Si. The molecule has 0 heterocycles. The van der Waals surface area contributed by atoms with Gasteiger partial charge in [-0.2, -0.15) is 0 Å². The second kappa shape index (κ2) is 4.66. The van der Waals surface area contributed by atoms with Crippen molar-refractivity contribution in [3.05, 3.63) is 54.1 Å². The quantitative estimate of drug-likeness (QED) is 0.685. The standard InChI is InChI=1S/C15H17Si/c1-12-6-4-7-13(10-12)14-8-5-9-15(11-14)16(2)3/h4-11H,1-3H3. The molecule has 2 rings (SSSR count). The number of hydrogen-bond donors (Lipinski definition) is 0. The number of rotatable bonds is 2. The molecule has 0 aromatic heterocycles. The van der Waals surface area contributed by atoms with E-state index in [0.29, 0.717) is 0 Å². The van der Waals surface area contributed by atoms with E-state index in [9.17, 15) is 0 Å². The third-order valence-electron chi connectivity index (χ3n) is 2.79. The van der Waals surface area contributed by atoms with E-state index in [0.717, 1.165) is 0 Å². The summed E-state index contributed by atoms with van der Waals surface area (Å²) in [5, 5.41) is 1.50. The summed E-state index contributed by atoms with van der Waals surface area (Å²) >= 11 is 0. The predicted octanol–water partition coefficient (Wildman–Crippen LogP) is 3.62. The lowest BCUT2D eigenvalue weighted by atomic mass is 10.0. The summed E-state index contributed by atoms with van der Waals surface area (Å²) in [4.78, 5) is 0. The SMILES string of the molecule is Cc1cccc(-c2cccc([Si](C)C)c2)c1. The van der Waals surface area contributed by atoms with Crippen molar-refractivity contribution in [1.82, 2.24) is 0 Å². The minimum Gasteiger partial charge on any atom is -0.0671 e. The Morgan fingerprint density at radius 3 is 2.06 bits per heavy atom. The summed E-state index contributed by atoms with van der Waals surface area (Å²) < 4.78 is 0. The van der Waals surface area contributed by atoms with Crippen LogP contribution >= 0.6 is 0 Å². The average molecular weight is 225 g/mol. The van der Waals surface area contributed by atoms with E-state index in [1.807, 2.05) is 0 Å². The average Bonchev–Trinajstić information content (AvgIpc) is 2.29. The van der Waals surface area contributed by atoms with Crippen molar-refractivity contribution >= 4 is 14.0 Å². The molecule has 0 bridgehead atoms. The van der Waals surface area contributed by atoms with Gasteiger partial charge < -0.3 is 0 Å². The van der Waals surface area contributed by atoms with Gasteiger partial charge in [0.05, 0.1) is 8.80 Å². The van der Waals surface area contributed by atoms with Crippen molar-refractivity contribution in [3.63, 3.8) is 0 Å². The summed E-state index contributed by atoms with van der Waals surface area (Å²) in [6.45, 7) is 6.81. The molecule has 0 aliphatic rings. The highest BCUT2D eigenvalue weighted by Crippen LogP contribution is 2.19. The van der Waals surface area contributed by atoms with Crippen LogP contribution in [0, 0.1) is 6.92 Å². The fourth-order valence-electron chi connectivity index (χ4n) is 1.83. The van der Waals surface area contributed by atoms with Gasteiger partial charge in [0, 0.05) is 0 Å². The molecule has 0 saturated carbocycles. The highest BCUT2D eigenvalue weighted by atomic mass is 28.3. The van der Waals surface area contributed by atoms with Crippen LogP contribution in [0.2, 0.25) is 13.1 Å². The van der Waals surface area contributed by atoms with Crippen molar-refractivity contribution in [2.45, 2.75) is 20.0 Å². The van der Waals surface area contributed by atoms with E-state index in [1.165, 1.54) is 21.9 Å². The smallest absolute Gasteiger partial charge is 0.0671 e. The molecule has 0 fully saturated rings. The zero-order valence-electron chi connectivity index (χ0n) is 10.1. The van der Waals surface area contributed by atoms with Crippen molar-refractivity contribution in [1.29, 1.82) is 0 Å². The fraction of sp³-hybridized carbons (Fsp3) is 0.200. The maximum Gasteiger partial charge on any atom is 0.0791 e. The number of benzene rings is 2. The zero-order valence-corrected chi connectivity index (χ0v) is 11.1. The zero-order chi connectivity index (χ0) is 11.5. The Hall–Kier alpha value is -1.34. The van der Waals surface area contributed by atoms with Crippen LogP contribution in [0.3, 0.4) is 0 Å². The lowest BCUT2D eigenvalue weighted by Crippen LogP contribution is -2.22. The highest BCUT2D eigenvalue weighted by Gasteiger charge is 2.03. The summed E-state index contributed by atoms with van der Waals surface area (Å²) in [5.74, 6) is 0. The van der Waals surface area contributed by atoms with Crippen molar-refractivity contribution in [2.75, 3.05) is 0 Å². The summed E-state index contributed by atoms with van der Waals surface area (Å²) in [6.07, 6.45) is 0. The van der Waals surface area contributed by atoms with Crippen LogP contribution < -0.4 is 5.19 Å². The first-order chi connectivity index (χ1) is 7.66. The summed E-state index contributed by atoms with van der Waals surface area (Å²) in [5.41, 5.74) is 3.99. The fourth-order valence-corrected chi connectivity index (χ4v) is 2.71. The number of hydrogen-bond acceptors (Lipinski definition) is 0. The highest BCUT2D eigenvalue weighted by molar-refractivity contribution is 6.70. The summed E-state index contributed by atoms with van der Waals surface area (Å²) in [7, 11) is -0.351. The minimum atomic E-state index is -0.351. The van der Waals surface area contributed by atoms with Crippen LogP contribution in [0.25, 0.3) is 11.1 Å². The molecule has 0 N–H and O–H groups in total. The molecule has 2 aromatic carbocycles. The molecule has 0 saturated heterocycles.